The Labute approximate surface area is 439 Å². The first-order valence-electron chi connectivity index (χ1n) is 30.2. The van der Waals surface area contributed by atoms with Crippen LogP contribution in [0.1, 0.15) is 284 Å². The number of ether oxygens (including phenoxy) is 4. The van der Waals surface area contributed by atoms with E-state index in [0.29, 0.717) is 23.9 Å². The van der Waals surface area contributed by atoms with Crippen molar-refractivity contribution >= 4 is 17.9 Å². The normalized spacial score (nSPS) is 13.0. The van der Waals surface area contributed by atoms with Crippen molar-refractivity contribution in [2.45, 2.75) is 296 Å². The Morgan fingerprint density at radius 1 is 0.437 bits per heavy atom. The number of carboxylic acids is 1. The lowest BCUT2D eigenvalue weighted by Crippen LogP contribution is -2.40. The molecule has 2 unspecified atom stereocenters. The van der Waals surface area contributed by atoms with Crippen molar-refractivity contribution in [1.29, 1.82) is 0 Å². The van der Waals surface area contributed by atoms with Gasteiger partial charge in [-0.2, -0.15) is 0 Å². The van der Waals surface area contributed by atoms with Gasteiger partial charge in [0.25, 0.3) is 6.29 Å². The van der Waals surface area contributed by atoms with Crippen LogP contribution in [-0.2, 0) is 33.3 Å². The Hall–Kier alpha value is -2.49. The third kappa shape index (κ3) is 55.1. The van der Waals surface area contributed by atoms with Gasteiger partial charge in [-0.25, -0.2) is 4.79 Å². The van der Waals surface area contributed by atoms with Crippen LogP contribution in [0.4, 0.5) is 0 Å². The molecule has 9 heteroatoms. The number of unbranched alkanes of at least 4 members (excludes halogenated alkanes) is 35. The van der Waals surface area contributed by atoms with Gasteiger partial charge >= 0.3 is 17.9 Å². The molecule has 0 rings (SSSR count). The molecular formula is C62H116NO8+. The van der Waals surface area contributed by atoms with Crippen LogP contribution >= 0.6 is 0 Å². The summed E-state index contributed by atoms with van der Waals surface area (Å²) in [7, 11) is 5.96. The van der Waals surface area contributed by atoms with Crippen LogP contribution in [0.3, 0.4) is 0 Å². The van der Waals surface area contributed by atoms with E-state index in [0.717, 1.165) is 57.8 Å². The van der Waals surface area contributed by atoms with Gasteiger partial charge in [0.1, 0.15) is 13.2 Å². The van der Waals surface area contributed by atoms with Crippen molar-refractivity contribution in [2.24, 2.45) is 0 Å². The van der Waals surface area contributed by atoms with Crippen molar-refractivity contribution in [3.05, 3.63) is 36.5 Å². The van der Waals surface area contributed by atoms with Gasteiger partial charge in [0.05, 0.1) is 34.4 Å². The molecule has 0 heterocycles. The van der Waals surface area contributed by atoms with E-state index in [1.54, 1.807) is 0 Å². The average molecular weight is 1000 g/mol. The van der Waals surface area contributed by atoms with E-state index in [1.165, 1.54) is 193 Å². The van der Waals surface area contributed by atoms with Gasteiger partial charge in [0.15, 0.2) is 6.10 Å². The Balaban J connectivity index is 4.00. The lowest BCUT2D eigenvalue weighted by Gasteiger charge is -2.25. The number of hydrogen-bond donors (Lipinski definition) is 1. The molecule has 0 spiro atoms. The smallest absolute Gasteiger partial charge is 0.361 e. The first kappa shape index (κ1) is 68.5. The first-order chi connectivity index (χ1) is 34.6. The summed E-state index contributed by atoms with van der Waals surface area (Å²) in [6.07, 6.45) is 62.7. The lowest BCUT2D eigenvalue weighted by atomic mass is 10.0. The number of hydrogen-bond acceptors (Lipinski definition) is 7. The summed E-state index contributed by atoms with van der Waals surface area (Å²) < 4.78 is 22.8. The summed E-state index contributed by atoms with van der Waals surface area (Å²) in [5.74, 6) is -2.03. The molecule has 416 valence electrons. The molecule has 0 saturated carbocycles. The molecule has 0 aliphatic rings. The Morgan fingerprint density at radius 3 is 1.20 bits per heavy atom. The fourth-order valence-corrected chi connectivity index (χ4v) is 8.80. The SMILES string of the molecule is CC/C=C\C/C=C\C/C=C\CCCCCC(=O)OC(COC(=O)CCCCCCCCCCCCCCCCCCCCCCCCCCCCCCCCCCC)COC(OCC[N+](C)(C)C)C(=O)O. The number of carboxylic acid groups (broad SMARTS) is 1. The van der Waals surface area contributed by atoms with Crippen LogP contribution in [0.5, 0.6) is 0 Å². The molecule has 0 bridgehead atoms. The summed E-state index contributed by atoms with van der Waals surface area (Å²) in [4.78, 5) is 37.3. The zero-order chi connectivity index (χ0) is 52.0. The number of carbonyl (C=O) groups excluding carboxylic acids is 2. The second-order valence-electron chi connectivity index (χ2n) is 21.6. The molecule has 0 aliphatic carbocycles. The number of carbonyl (C=O) groups is 3. The molecule has 0 fully saturated rings. The minimum absolute atomic E-state index is 0.183. The predicted octanol–water partition coefficient (Wildman–Crippen LogP) is 17.7. The minimum atomic E-state index is -1.52. The molecule has 1 N–H and O–H groups in total. The van der Waals surface area contributed by atoms with E-state index >= 15 is 0 Å². The van der Waals surface area contributed by atoms with Crippen LogP contribution in [0, 0.1) is 0 Å². The molecule has 0 saturated heterocycles. The minimum Gasteiger partial charge on any atom is -0.477 e. The van der Waals surface area contributed by atoms with E-state index < -0.39 is 24.3 Å². The number of aliphatic carboxylic acids is 1. The summed E-state index contributed by atoms with van der Waals surface area (Å²) in [5, 5.41) is 9.68. The maximum absolute atomic E-state index is 12.8. The van der Waals surface area contributed by atoms with Gasteiger partial charge in [0, 0.05) is 12.8 Å². The number of likely N-dealkylation sites (N-methyl/N-ethyl adjacent to an activating group) is 1. The molecule has 0 aliphatic heterocycles. The lowest BCUT2D eigenvalue weighted by molar-refractivity contribution is -0.870. The van der Waals surface area contributed by atoms with Gasteiger partial charge in [-0.15, -0.1) is 0 Å². The molecule has 0 aromatic carbocycles. The van der Waals surface area contributed by atoms with Crippen molar-refractivity contribution in [3.8, 4) is 0 Å². The number of allylic oxidation sites excluding steroid dienone is 6. The summed E-state index contributed by atoms with van der Waals surface area (Å²) in [6.45, 7) is 4.76. The predicted molar refractivity (Wildman–Crippen MR) is 300 cm³/mol. The highest BCUT2D eigenvalue weighted by Crippen LogP contribution is 2.18. The second kappa shape index (κ2) is 53.8. The van der Waals surface area contributed by atoms with Crippen molar-refractivity contribution < 1.29 is 42.9 Å². The molecule has 0 aromatic rings. The summed E-state index contributed by atoms with van der Waals surface area (Å²) in [5.41, 5.74) is 0. The zero-order valence-corrected chi connectivity index (χ0v) is 47.4. The Bertz CT molecular complexity index is 1260. The van der Waals surface area contributed by atoms with Crippen LogP contribution < -0.4 is 0 Å². The van der Waals surface area contributed by atoms with Gasteiger partial charge in [-0.1, -0.05) is 262 Å². The first-order valence-corrected chi connectivity index (χ1v) is 30.2. The highest BCUT2D eigenvalue weighted by atomic mass is 16.7. The third-order valence-electron chi connectivity index (χ3n) is 13.4. The van der Waals surface area contributed by atoms with Crippen LogP contribution in [-0.4, -0.2) is 87.4 Å². The van der Waals surface area contributed by atoms with Crippen molar-refractivity contribution in [3.63, 3.8) is 0 Å². The van der Waals surface area contributed by atoms with Crippen molar-refractivity contribution in [1.82, 2.24) is 0 Å². The van der Waals surface area contributed by atoms with Crippen LogP contribution in [0.2, 0.25) is 0 Å². The number of rotatable bonds is 56. The maximum Gasteiger partial charge on any atom is 0.361 e. The van der Waals surface area contributed by atoms with E-state index in [2.05, 4.69) is 50.3 Å². The average Bonchev–Trinajstić information content (AvgIpc) is 3.34. The Morgan fingerprint density at radius 2 is 0.803 bits per heavy atom. The number of nitrogens with zero attached hydrogens (tertiary/aromatic N) is 1. The largest absolute Gasteiger partial charge is 0.477 e. The van der Waals surface area contributed by atoms with E-state index in [9.17, 15) is 19.5 Å². The summed E-state index contributed by atoms with van der Waals surface area (Å²) in [6, 6.07) is 0. The van der Waals surface area contributed by atoms with E-state index in [4.69, 9.17) is 18.9 Å². The maximum atomic E-state index is 12.8. The molecule has 0 amide bonds. The highest BCUT2D eigenvalue weighted by Gasteiger charge is 2.25. The van der Waals surface area contributed by atoms with Gasteiger partial charge in [-0.05, 0) is 44.9 Å². The quantitative estimate of drug-likeness (QED) is 0.0211. The molecule has 71 heavy (non-hydrogen) atoms. The molecule has 0 aromatic heterocycles. The topological polar surface area (TPSA) is 108 Å². The Kier molecular flexibility index (Phi) is 51.9. The van der Waals surface area contributed by atoms with E-state index in [-0.39, 0.29) is 32.2 Å². The van der Waals surface area contributed by atoms with E-state index in [1.807, 2.05) is 21.1 Å². The number of quaternary nitrogens is 1. The second-order valence-corrected chi connectivity index (χ2v) is 21.6. The van der Waals surface area contributed by atoms with Gasteiger partial charge in [-0.3, -0.25) is 9.59 Å². The monoisotopic (exact) mass is 1000 g/mol. The fraction of sp³-hybridized carbons (Fsp3) is 0.855. The standard InChI is InChI=1S/C62H115NO8/c1-6-8-10-12-14-16-18-20-21-22-23-24-25-26-27-28-29-30-31-32-33-34-35-36-37-38-39-41-42-44-46-48-50-52-59(64)69-56-58(57-70-62(61(66)67)68-55-54-63(3,4)5)71-60(65)53-51-49-47-45-43-40-19-17-15-13-11-9-7-2/h9,11,15,17,40,43,58,62H,6-8,10,12-14,16,18-39,41-42,44-57H2,1-5H3/p+1/b11-9-,17-15-,43-40-. The molecule has 9 nitrogen and oxygen atoms in total. The summed E-state index contributed by atoms with van der Waals surface area (Å²) >= 11 is 0. The number of esters is 2. The van der Waals surface area contributed by atoms with Gasteiger partial charge < -0.3 is 28.5 Å². The molecule has 2 atom stereocenters. The molecular weight excluding hydrogens is 887 g/mol. The zero-order valence-electron chi connectivity index (χ0n) is 47.4. The highest BCUT2D eigenvalue weighted by molar-refractivity contribution is 5.71. The fourth-order valence-electron chi connectivity index (χ4n) is 8.80. The van der Waals surface area contributed by atoms with Crippen molar-refractivity contribution in [2.75, 3.05) is 47.5 Å². The van der Waals surface area contributed by atoms with Gasteiger partial charge in [0.2, 0.25) is 0 Å². The third-order valence-corrected chi connectivity index (χ3v) is 13.4. The van der Waals surface area contributed by atoms with Crippen LogP contribution in [0.15, 0.2) is 36.5 Å². The molecule has 0 radical (unpaired) electrons. The van der Waals surface area contributed by atoms with Crippen LogP contribution in [0.25, 0.3) is 0 Å².